The summed E-state index contributed by atoms with van der Waals surface area (Å²) in [5.74, 6) is -1.62. The summed E-state index contributed by atoms with van der Waals surface area (Å²) in [7, 11) is 0. The Balaban J connectivity index is 1.54. The van der Waals surface area contributed by atoms with Gasteiger partial charge in [-0.2, -0.15) is 13.2 Å². The fourth-order valence-corrected chi connectivity index (χ4v) is 4.50. The minimum atomic E-state index is -4.78. The van der Waals surface area contributed by atoms with Crippen molar-refractivity contribution >= 4 is 46.3 Å². The first kappa shape index (κ1) is 29.1. The van der Waals surface area contributed by atoms with Gasteiger partial charge in [0.25, 0.3) is 11.1 Å². The highest BCUT2D eigenvalue weighted by Crippen LogP contribution is 2.41. The number of imide groups is 1. The number of halogens is 3. The topological polar surface area (TPSA) is 128 Å². The van der Waals surface area contributed by atoms with Crippen LogP contribution in [0.1, 0.15) is 18.1 Å². The molecular formula is C27H20F3N3O7S. The summed E-state index contributed by atoms with van der Waals surface area (Å²) in [5.41, 5.74) is -1.20. The second-order valence-corrected chi connectivity index (χ2v) is 9.35. The van der Waals surface area contributed by atoms with E-state index in [1.54, 1.807) is 37.3 Å². The Morgan fingerprint density at radius 1 is 1.05 bits per heavy atom. The molecule has 14 heteroatoms. The molecule has 1 saturated heterocycles. The van der Waals surface area contributed by atoms with Crippen LogP contribution in [-0.2, 0) is 15.8 Å². The summed E-state index contributed by atoms with van der Waals surface area (Å²) >= 11 is 0.639. The van der Waals surface area contributed by atoms with Gasteiger partial charge in [0.15, 0.2) is 11.5 Å². The molecule has 0 atom stereocenters. The van der Waals surface area contributed by atoms with Gasteiger partial charge < -0.3 is 14.8 Å². The SMILES string of the molecule is CCOc1cc(/C=C2\SC(=O)N(CC(=O)Nc3ccccc3)C2=O)ccc1Oc1ccc(C(F)(F)F)cc1[N+](=O)[O-]. The van der Waals surface area contributed by atoms with Crippen LogP contribution in [-0.4, -0.2) is 40.0 Å². The number of amides is 3. The van der Waals surface area contributed by atoms with Gasteiger partial charge in [0, 0.05) is 11.8 Å². The van der Waals surface area contributed by atoms with E-state index in [-0.39, 0.29) is 23.0 Å². The van der Waals surface area contributed by atoms with Crippen molar-refractivity contribution in [2.75, 3.05) is 18.5 Å². The molecule has 1 N–H and O–H groups in total. The molecule has 10 nitrogen and oxygen atoms in total. The maximum absolute atomic E-state index is 13.0. The number of hydrogen-bond donors (Lipinski definition) is 1. The van der Waals surface area contributed by atoms with E-state index in [0.717, 1.165) is 11.0 Å². The van der Waals surface area contributed by atoms with Crippen LogP contribution < -0.4 is 14.8 Å². The maximum atomic E-state index is 13.0. The zero-order valence-corrected chi connectivity index (χ0v) is 22.0. The largest absolute Gasteiger partial charge is 0.490 e. The minimum absolute atomic E-state index is 0.0300. The first-order valence-corrected chi connectivity index (χ1v) is 12.7. The molecule has 212 valence electrons. The van der Waals surface area contributed by atoms with Crippen LogP contribution in [0.2, 0.25) is 0 Å². The van der Waals surface area contributed by atoms with Crippen LogP contribution in [0.3, 0.4) is 0 Å². The minimum Gasteiger partial charge on any atom is -0.490 e. The average molecular weight is 588 g/mol. The van der Waals surface area contributed by atoms with E-state index in [4.69, 9.17) is 9.47 Å². The lowest BCUT2D eigenvalue weighted by atomic mass is 10.1. The van der Waals surface area contributed by atoms with E-state index < -0.39 is 51.7 Å². The Kier molecular flexibility index (Phi) is 8.62. The standard InChI is InChI=1S/C27H20F3N3O7S/c1-2-39-22-12-16(8-10-21(22)40-20-11-9-17(27(28,29)30)14-19(20)33(37)38)13-23-25(35)32(26(36)41-23)15-24(34)31-18-6-4-3-5-7-18/h3-14H,2,15H2,1H3,(H,31,34)/b23-13-. The molecule has 3 amide bonds. The number of para-hydroxylation sites is 1. The fraction of sp³-hybridized carbons (Fsp3) is 0.148. The van der Waals surface area contributed by atoms with E-state index in [9.17, 15) is 37.7 Å². The average Bonchev–Trinajstić information content (AvgIpc) is 3.17. The predicted molar refractivity (Wildman–Crippen MR) is 144 cm³/mol. The molecular weight excluding hydrogens is 567 g/mol. The van der Waals surface area contributed by atoms with Crippen molar-refractivity contribution in [1.29, 1.82) is 0 Å². The van der Waals surface area contributed by atoms with Gasteiger partial charge in [-0.1, -0.05) is 24.3 Å². The van der Waals surface area contributed by atoms with Crippen molar-refractivity contribution in [3.05, 3.63) is 92.9 Å². The number of hydrogen-bond acceptors (Lipinski definition) is 8. The van der Waals surface area contributed by atoms with Crippen LogP contribution in [0.15, 0.2) is 71.6 Å². The molecule has 0 unspecified atom stereocenters. The lowest BCUT2D eigenvalue weighted by Gasteiger charge is -2.14. The number of nitrogens with one attached hydrogen (secondary N) is 1. The number of alkyl halides is 3. The third-order valence-electron chi connectivity index (χ3n) is 5.50. The van der Waals surface area contributed by atoms with Gasteiger partial charge in [-0.3, -0.25) is 29.4 Å². The van der Waals surface area contributed by atoms with Gasteiger partial charge >= 0.3 is 11.9 Å². The molecule has 41 heavy (non-hydrogen) atoms. The molecule has 0 aliphatic carbocycles. The van der Waals surface area contributed by atoms with Gasteiger partial charge in [0.1, 0.15) is 6.54 Å². The molecule has 3 aromatic carbocycles. The van der Waals surface area contributed by atoms with Crippen LogP contribution in [0.5, 0.6) is 17.2 Å². The highest BCUT2D eigenvalue weighted by Gasteiger charge is 2.36. The zero-order chi connectivity index (χ0) is 29.7. The molecule has 0 saturated carbocycles. The van der Waals surface area contributed by atoms with Crippen molar-refractivity contribution in [2.24, 2.45) is 0 Å². The fourth-order valence-electron chi connectivity index (χ4n) is 3.66. The number of ether oxygens (including phenoxy) is 2. The van der Waals surface area contributed by atoms with Crippen LogP contribution in [0.4, 0.5) is 29.3 Å². The number of benzene rings is 3. The predicted octanol–water partition coefficient (Wildman–Crippen LogP) is 6.48. The number of rotatable bonds is 9. The number of nitro groups is 1. The first-order chi connectivity index (χ1) is 19.5. The summed E-state index contributed by atoms with van der Waals surface area (Å²) in [6, 6.07) is 14.7. The Labute approximate surface area is 234 Å². The quantitative estimate of drug-likeness (QED) is 0.171. The smallest absolute Gasteiger partial charge is 0.416 e. The normalized spacial score (nSPS) is 14.3. The van der Waals surface area contributed by atoms with Crippen molar-refractivity contribution in [3.8, 4) is 17.2 Å². The van der Waals surface area contributed by atoms with Gasteiger partial charge in [-0.15, -0.1) is 0 Å². The highest BCUT2D eigenvalue weighted by atomic mass is 32.2. The van der Waals surface area contributed by atoms with E-state index in [2.05, 4.69) is 5.32 Å². The van der Waals surface area contributed by atoms with Gasteiger partial charge in [-0.25, -0.2) is 0 Å². The molecule has 1 aliphatic heterocycles. The van der Waals surface area contributed by atoms with Crippen LogP contribution >= 0.6 is 11.8 Å². The number of thioether (sulfide) groups is 1. The van der Waals surface area contributed by atoms with Gasteiger partial charge in [0.05, 0.1) is 22.0 Å². The second-order valence-electron chi connectivity index (χ2n) is 8.36. The molecule has 1 aliphatic rings. The molecule has 1 heterocycles. The molecule has 0 spiro atoms. The van der Waals surface area contributed by atoms with Gasteiger partial charge in [0.2, 0.25) is 11.7 Å². The van der Waals surface area contributed by atoms with Crippen LogP contribution in [0.25, 0.3) is 6.08 Å². The summed E-state index contributed by atoms with van der Waals surface area (Å²) in [5, 5.41) is 13.4. The summed E-state index contributed by atoms with van der Waals surface area (Å²) < 4.78 is 50.2. The van der Waals surface area contributed by atoms with E-state index in [1.165, 1.54) is 24.3 Å². The Bertz CT molecular complexity index is 1540. The van der Waals surface area contributed by atoms with Crippen LogP contribution in [0, 0.1) is 10.1 Å². The summed E-state index contributed by atoms with van der Waals surface area (Å²) in [6.45, 7) is 1.31. The Morgan fingerprint density at radius 3 is 2.41 bits per heavy atom. The number of carbonyl (C=O) groups excluding carboxylic acids is 3. The van der Waals surface area contributed by atoms with Crippen molar-refractivity contribution in [2.45, 2.75) is 13.1 Å². The zero-order valence-electron chi connectivity index (χ0n) is 21.1. The Hall–Kier alpha value is -4.85. The van der Waals surface area contributed by atoms with Gasteiger partial charge in [-0.05, 0) is 66.7 Å². The molecule has 4 rings (SSSR count). The first-order valence-electron chi connectivity index (χ1n) is 11.9. The van der Waals surface area contributed by atoms with E-state index in [0.29, 0.717) is 35.1 Å². The maximum Gasteiger partial charge on any atom is 0.416 e. The molecule has 1 fully saturated rings. The molecule has 0 aromatic heterocycles. The van der Waals surface area contributed by atoms with Crippen molar-refractivity contribution in [1.82, 2.24) is 4.90 Å². The number of nitro benzene ring substituents is 1. The number of carbonyl (C=O) groups is 3. The summed E-state index contributed by atoms with van der Waals surface area (Å²) in [6.07, 6.45) is -3.39. The summed E-state index contributed by atoms with van der Waals surface area (Å²) in [4.78, 5) is 48.9. The third kappa shape index (κ3) is 7.03. The molecule has 0 radical (unpaired) electrons. The van der Waals surface area contributed by atoms with Crippen molar-refractivity contribution in [3.63, 3.8) is 0 Å². The number of anilines is 1. The lowest BCUT2D eigenvalue weighted by Crippen LogP contribution is -2.36. The monoisotopic (exact) mass is 587 g/mol. The lowest BCUT2D eigenvalue weighted by molar-refractivity contribution is -0.385. The highest BCUT2D eigenvalue weighted by molar-refractivity contribution is 8.18. The van der Waals surface area contributed by atoms with E-state index >= 15 is 0 Å². The second kappa shape index (κ2) is 12.1. The Morgan fingerprint density at radius 2 is 1.76 bits per heavy atom. The van der Waals surface area contributed by atoms with E-state index in [1.807, 2.05) is 0 Å². The third-order valence-corrected chi connectivity index (χ3v) is 6.41. The number of nitrogens with zero attached hydrogens (tertiary/aromatic N) is 2. The van der Waals surface area contributed by atoms with Crippen molar-refractivity contribution < 1.29 is 42.0 Å². The molecule has 0 bridgehead atoms. The molecule has 3 aromatic rings.